The van der Waals surface area contributed by atoms with E-state index in [1.807, 2.05) is 24.3 Å². The second kappa shape index (κ2) is 5.06. The number of hydrogen-bond donors (Lipinski definition) is 1. The van der Waals surface area contributed by atoms with Gasteiger partial charge in [0.1, 0.15) is 5.82 Å². The third-order valence-electron chi connectivity index (χ3n) is 3.04. The molecule has 3 rings (SSSR count). The lowest BCUT2D eigenvalue weighted by atomic mass is 10.0. The van der Waals surface area contributed by atoms with Crippen molar-refractivity contribution in [2.45, 2.75) is 6.92 Å². The molecule has 0 spiro atoms. The van der Waals surface area contributed by atoms with Crippen molar-refractivity contribution in [2.75, 3.05) is 11.9 Å². The summed E-state index contributed by atoms with van der Waals surface area (Å²) in [6.07, 6.45) is 1.79. The van der Waals surface area contributed by atoms with E-state index in [9.17, 15) is 0 Å². The van der Waals surface area contributed by atoms with E-state index in [1.54, 1.807) is 6.20 Å². The largest absolute Gasteiger partial charge is 0.370 e. The van der Waals surface area contributed by atoms with Crippen LogP contribution >= 0.6 is 0 Å². The van der Waals surface area contributed by atoms with Gasteiger partial charge in [0, 0.05) is 18.3 Å². The van der Waals surface area contributed by atoms with Crippen molar-refractivity contribution in [1.29, 1.82) is 0 Å². The third kappa shape index (κ3) is 2.27. The molecule has 0 unspecified atom stereocenters. The van der Waals surface area contributed by atoms with Crippen molar-refractivity contribution in [2.24, 2.45) is 0 Å². The lowest BCUT2D eigenvalue weighted by molar-refractivity contribution is 1.12. The van der Waals surface area contributed by atoms with E-state index in [2.05, 4.69) is 46.5 Å². The van der Waals surface area contributed by atoms with E-state index in [4.69, 9.17) is 0 Å². The Hall–Kier alpha value is -2.42. The predicted molar refractivity (Wildman–Crippen MR) is 79.1 cm³/mol. The van der Waals surface area contributed by atoms with E-state index >= 15 is 0 Å². The molecule has 0 aliphatic rings. The molecule has 3 heteroatoms. The normalized spacial score (nSPS) is 10.6. The molecule has 19 heavy (non-hydrogen) atoms. The van der Waals surface area contributed by atoms with E-state index in [1.165, 1.54) is 10.8 Å². The van der Waals surface area contributed by atoms with Crippen LogP contribution in [0, 0.1) is 0 Å². The number of aromatic nitrogens is 2. The van der Waals surface area contributed by atoms with E-state index in [0.717, 1.165) is 23.8 Å². The van der Waals surface area contributed by atoms with Gasteiger partial charge in [0.05, 0.1) is 0 Å². The molecule has 3 nitrogen and oxygen atoms in total. The molecule has 3 aromatic rings. The first kappa shape index (κ1) is 11.7. The van der Waals surface area contributed by atoms with Gasteiger partial charge in [0.25, 0.3) is 0 Å². The second-order valence-corrected chi connectivity index (χ2v) is 4.32. The monoisotopic (exact) mass is 249 g/mol. The average molecular weight is 249 g/mol. The Bertz CT molecular complexity index is 702. The second-order valence-electron chi connectivity index (χ2n) is 4.32. The molecule has 0 aliphatic heterocycles. The number of fused-ring (bicyclic) bond motifs is 1. The molecule has 0 saturated carbocycles. The first-order valence-electron chi connectivity index (χ1n) is 6.43. The molecule has 1 N–H and O–H groups in total. The Morgan fingerprint density at radius 3 is 2.74 bits per heavy atom. The summed E-state index contributed by atoms with van der Waals surface area (Å²) in [5.74, 6) is 1.62. The number of nitrogens with zero attached hydrogens (tertiary/aromatic N) is 2. The van der Waals surface area contributed by atoms with Crippen LogP contribution in [0.3, 0.4) is 0 Å². The Morgan fingerprint density at radius 1 is 1.00 bits per heavy atom. The average Bonchev–Trinajstić information content (AvgIpc) is 2.47. The highest BCUT2D eigenvalue weighted by Gasteiger charge is 2.06. The molecule has 0 bridgehead atoms. The number of rotatable bonds is 3. The van der Waals surface area contributed by atoms with Crippen LogP contribution < -0.4 is 5.32 Å². The summed E-state index contributed by atoms with van der Waals surface area (Å²) in [6, 6.07) is 16.4. The summed E-state index contributed by atoms with van der Waals surface area (Å²) in [6.45, 7) is 2.91. The minimum absolute atomic E-state index is 0.759. The van der Waals surface area contributed by atoms with Crippen molar-refractivity contribution in [3.63, 3.8) is 0 Å². The highest BCUT2D eigenvalue weighted by molar-refractivity contribution is 5.95. The summed E-state index contributed by atoms with van der Waals surface area (Å²) >= 11 is 0. The molecule has 0 saturated heterocycles. The van der Waals surface area contributed by atoms with Gasteiger partial charge in [-0.05, 0) is 23.8 Å². The lowest BCUT2D eigenvalue weighted by Gasteiger charge is -2.07. The van der Waals surface area contributed by atoms with E-state index in [-0.39, 0.29) is 0 Å². The molecule has 0 atom stereocenters. The van der Waals surface area contributed by atoms with Gasteiger partial charge in [0.2, 0.25) is 0 Å². The van der Waals surface area contributed by atoms with Gasteiger partial charge in [-0.3, -0.25) is 0 Å². The van der Waals surface area contributed by atoms with Crippen LogP contribution in [0.2, 0.25) is 0 Å². The van der Waals surface area contributed by atoms with Crippen molar-refractivity contribution in [3.05, 3.63) is 54.7 Å². The summed E-state index contributed by atoms with van der Waals surface area (Å²) < 4.78 is 0. The summed E-state index contributed by atoms with van der Waals surface area (Å²) in [5.41, 5.74) is 1.07. The third-order valence-corrected chi connectivity index (χ3v) is 3.04. The van der Waals surface area contributed by atoms with Crippen LogP contribution in [0.25, 0.3) is 22.2 Å². The van der Waals surface area contributed by atoms with Crippen LogP contribution in [-0.2, 0) is 0 Å². The van der Waals surface area contributed by atoms with Gasteiger partial charge in [-0.25, -0.2) is 9.97 Å². The van der Waals surface area contributed by atoms with Gasteiger partial charge in [-0.1, -0.05) is 42.5 Å². The molecule has 94 valence electrons. The van der Waals surface area contributed by atoms with Crippen LogP contribution in [0.5, 0.6) is 0 Å². The van der Waals surface area contributed by atoms with Gasteiger partial charge in [-0.15, -0.1) is 0 Å². The summed E-state index contributed by atoms with van der Waals surface area (Å²) in [7, 11) is 0. The number of benzene rings is 2. The fourth-order valence-electron chi connectivity index (χ4n) is 2.19. The maximum Gasteiger partial charge on any atom is 0.162 e. The predicted octanol–water partition coefficient (Wildman–Crippen LogP) is 3.73. The number of hydrogen-bond acceptors (Lipinski definition) is 3. The van der Waals surface area contributed by atoms with Crippen molar-refractivity contribution in [1.82, 2.24) is 9.97 Å². The minimum atomic E-state index is 0.759. The van der Waals surface area contributed by atoms with Gasteiger partial charge in [-0.2, -0.15) is 0 Å². The Morgan fingerprint density at radius 2 is 1.84 bits per heavy atom. The maximum atomic E-state index is 4.56. The van der Waals surface area contributed by atoms with Crippen molar-refractivity contribution < 1.29 is 0 Å². The molecular formula is C16H15N3. The van der Waals surface area contributed by atoms with Crippen LogP contribution in [-0.4, -0.2) is 16.5 Å². The molecule has 0 amide bonds. The zero-order valence-corrected chi connectivity index (χ0v) is 10.8. The van der Waals surface area contributed by atoms with Gasteiger partial charge < -0.3 is 5.32 Å². The minimum Gasteiger partial charge on any atom is -0.370 e. The Kier molecular flexibility index (Phi) is 3.11. The van der Waals surface area contributed by atoms with Crippen LogP contribution in [0.1, 0.15) is 6.92 Å². The number of nitrogens with one attached hydrogen (secondary N) is 1. The zero-order valence-electron chi connectivity index (χ0n) is 10.8. The van der Waals surface area contributed by atoms with Crippen LogP contribution in [0.4, 0.5) is 5.82 Å². The molecule has 0 fully saturated rings. The van der Waals surface area contributed by atoms with Crippen LogP contribution in [0.15, 0.2) is 54.7 Å². The zero-order chi connectivity index (χ0) is 13.1. The molecule has 1 aromatic heterocycles. The smallest absolute Gasteiger partial charge is 0.162 e. The fourth-order valence-corrected chi connectivity index (χ4v) is 2.19. The highest BCUT2D eigenvalue weighted by atomic mass is 15.0. The molecular weight excluding hydrogens is 234 g/mol. The van der Waals surface area contributed by atoms with Gasteiger partial charge in [0.15, 0.2) is 5.82 Å². The standard InChI is InChI=1S/C16H15N3/c1-2-17-15-10-11-18-16(19-15)14-9-5-7-12-6-3-4-8-13(12)14/h3-11H,2H2,1H3,(H,17,18,19). The molecule has 1 heterocycles. The first-order chi connectivity index (χ1) is 9.38. The Labute approximate surface area is 112 Å². The summed E-state index contributed by atoms with van der Waals surface area (Å²) in [4.78, 5) is 8.95. The Balaban J connectivity index is 2.16. The van der Waals surface area contributed by atoms with Crippen molar-refractivity contribution in [3.8, 4) is 11.4 Å². The molecule has 2 aromatic carbocycles. The van der Waals surface area contributed by atoms with E-state index in [0.29, 0.717) is 0 Å². The molecule has 0 aliphatic carbocycles. The highest BCUT2D eigenvalue weighted by Crippen LogP contribution is 2.26. The van der Waals surface area contributed by atoms with E-state index < -0.39 is 0 Å². The SMILES string of the molecule is CCNc1ccnc(-c2cccc3ccccc23)n1. The fraction of sp³-hybridized carbons (Fsp3) is 0.125. The maximum absolute atomic E-state index is 4.56. The topological polar surface area (TPSA) is 37.8 Å². The quantitative estimate of drug-likeness (QED) is 0.768. The van der Waals surface area contributed by atoms with Crippen molar-refractivity contribution >= 4 is 16.6 Å². The van der Waals surface area contributed by atoms with Gasteiger partial charge >= 0.3 is 0 Å². The lowest BCUT2D eigenvalue weighted by Crippen LogP contribution is -2.00. The summed E-state index contributed by atoms with van der Waals surface area (Å²) in [5, 5.41) is 5.60. The first-order valence-corrected chi connectivity index (χ1v) is 6.43. The molecule has 0 radical (unpaired) electrons. The number of anilines is 1.